The van der Waals surface area contributed by atoms with Crippen LogP contribution in [0.3, 0.4) is 0 Å². The molecular weight excluding hydrogens is 262 g/mol. The summed E-state index contributed by atoms with van der Waals surface area (Å²) in [7, 11) is 0. The number of nitrogens with one attached hydrogen (secondary N) is 1. The highest BCUT2D eigenvalue weighted by Crippen LogP contribution is 2.24. The summed E-state index contributed by atoms with van der Waals surface area (Å²) < 4.78 is 5.84. The van der Waals surface area contributed by atoms with E-state index in [2.05, 4.69) is 5.32 Å². The van der Waals surface area contributed by atoms with Crippen LogP contribution in [0.25, 0.3) is 0 Å². The van der Waals surface area contributed by atoms with Gasteiger partial charge < -0.3 is 20.3 Å². The quantitative estimate of drug-likeness (QED) is 0.672. The summed E-state index contributed by atoms with van der Waals surface area (Å²) in [6.07, 6.45) is 1.44. The van der Waals surface area contributed by atoms with Gasteiger partial charge in [0, 0.05) is 18.9 Å². The molecule has 6 heteroatoms. The lowest BCUT2D eigenvalue weighted by molar-refractivity contribution is -0.134. The van der Waals surface area contributed by atoms with Crippen LogP contribution in [0.2, 0.25) is 0 Å². The van der Waals surface area contributed by atoms with Gasteiger partial charge in [-0.3, -0.25) is 4.79 Å². The van der Waals surface area contributed by atoms with Crippen molar-refractivity contribution in [3.8, 4) is 0 Å². The molecule has 0 radical (unpaired) electrons. The molecule has 20 heavy (non-hydrogen) atoms. The summed E-state index contributed by atoms with van der Waals surface area (Å²) in [6, 6.07) is -0.615. The first-order chi connectivity index (χ1) is 9.38. The lowest BCUT2D eigenvalue weighted by atomic mass is 9.89. The molecule has 0 aromatic heterocycles. The van der Waals surface area contributed by atoms with Crippen molar-refractivity contribution in [2.45, 2.75) is 64.4 Å². The van der Waals surface area contributed by atoms with Crippen molar-refractivity contribution in [3.05, 3.63) is 11.6 Å². The van der Waals surface area contributed by atoms with E-state index < -0.39 is 24.2 Å². The van der Waals surface area contributed by atoms with E-state index in [0.717, 1.165) is 12.8 Å². The zero-order chi connectivity index (χ0) is 15.3. The van der Waals surface area contributed by atoms with Gasteiger partial charge in [-0.1, -0.05) is 13.8 Å². The van der Waals surface area contributed by atoms with Crippen molar-refractivity contribution in [1.82, 2.24) is 5.32 Å². The van der Waals surface area contributed by atoms with E-state index >= 15 is 0 Å². The monoisotopic (exact) mass is 285 g/mol. The summed E-state index contributed by atoms with van der Waals surface area (Å²) >= 11 is 0. The maximum atomic E-state index is 11.2. The molecule has 0 aromatic rings. The molecule has 6 nitrogen and oxygen atoms in total. The van der Waals surface area contributed by atoms with E-state index in [4.69, 9.17) is 9.84 Å². The Kier molecular flexibility index (Phi) is 6.16. The van der Waals surface area contributed by atoms with Crippen LogP contribution in [0, 0.1) is 0 Å². The molecule has 0 aliphatic heterocycles. The fraction of sp³-hybridized carbons (Fsp3) is 0.714. The van der Waals surface area contributed by atoms with Gasteiger partial charge in [0.05, 0.1) is 24.4 Å². The van der Waals surface area contributed by atoms with Gasteiger partial charge in [0.25, 0.3) is 0 Å². The number of aliphatic hydroxyl groups excluding tert-OH is 1. The Balaban J connectivity index is 2.96. The largest absolute Gasteiger partial charge is 0.478 e. The number of carboxylic acid groups (broad SMARTS) is 1. The van der Waals surface area contributed by atoms with E-state index in [0.29, 0.717) is 0 Å². The maximum Gasteiger partial charge on any atom is 0.331 e. The Morgan fingerprint density at radius 3 is 2.50 bits per heavy atom. The van der Waals surface area contributed by atoms with Crippen molar-refractivity contribution in [3.63, 3.8) is 0 Å². The standard InChI is InChI=1S/C14H23NO5/c1-4-10(5-2)20-12-7-9(14(18)19)6-11(17)13(12)15-8(3)16/h7,10-13,17H,4-6H2,1-3H3,(H,15,16)(H,18,19)/t11-,12+,13+/m0/s1. The third-order valence-corrected chi connectivity index (χ3v) is 3.47. The Labute approximate surface area is 118 Å². The Morgan fingerprint density at radius 2 is 2.05 bits per heavy atom. The molecule has 0 heterocycles. The number of hydrogen-bond acceptors (Lipinski definition) is 4. The molecule has 1 amide bonds. The molecule has 1 aliphatic rings. The summed E-state index contributed by atoms with van der Waals surface area (Å²) in [5.41, 5.74) is 0.120. The maximum absolute atomic E-state index is 11.2. The third-order valence-electron chi connectivity index (χ3n) is 3.47. The van der Waals surface area contributed by atoms with Gasteiger partial charge in [-0.15, -0.1) is 0 Å². The van der Waals surface area contributed by atoms with Crippen LogP contribution in [-0.2, 0) is 14.3 Å². The lowest BCUT2D eigenvalue weighted by Crippen LogP contribution is -2.53. The van der Waals surface area contributed by atoms with Crippen molar-refractivity contribution in [2.24, 2.45) is 0 Å². The number of rotatable bonds is 6. The van der Waals surface area contributed by atoms with Gasteiger partial charge in [-0.2, -0.15) is 0 Å². The zero-order valence-electron chi connectivity index (χ0n) is 12.1. The minimum Gasteiger partial charge on any atom is -0.478 e. The van der Waals surface area contributed by atoms with Gasteiger partial charge in [0.1, 0.15) is 0 Å². The van der Waals surface area contributed by atoms with E-state index in [-0.39, 0.29) is 24.0 Å². The van der Waals surface area contributed by atoms with Gasteiger partial charge >= 0.3 is 5.97 Å². The fourth-order valence-electron chi connectivity index (χ4n) is 2.34. The van der Waals surface area contributed by atoms with E-state index in [1.807, 2.05) is 13.8 Å². The molecule has 0 aromatic carbocycles. The van der Waals surface area contributed by atoms with Crippen LogP contribution >= 0.6 is 0 Å². The SMILES string of the molecule is CCC(CC)O[C@@H]1C=C(C(=O)O)C[C@H](O)[C@H]1NC(C)=O. The van der Waals surface area contributed by atoms with Crippen molar-refractivity contribution >= 4 is 11.9 Å². The molecule has 3 N–H and O–H groups in total. The van der Waals surface area contributed by atoms with E-state index in [1.165, 1.54) is 13.0 Å². The molecule has 0 bridgehead atoms. The minimum atomic E-state index is -1.07. The zero-order valence-corrected chi connectivity index (χ0v) is 12.1. The second-order valence-corrected chi connectivity index (χ2v) is 5.03. The normalized spacial score (nSPS) is 26.2. The predicted molar refractivity (Wildman–Crippen MR) is 73.2 cm³/mol. The molecule has 0 saturated heterocycles. The molecule has 1 rings (SSSR count). The molecule has 0 spiro atoms. The average molecular weight is 285 g/mol. The molecule has 1 aliphatic carbocycles. The minimum absolute atomic E-state index is 0.00303. The van der Waals surface area contributed by atoms with Crippen molar-refractivity contribution < 1.29 is 24.5 Å². The van der Waals surface area contributed by atoms with Gasteiger partial charge in [-0.25, -0.2) is 4.79 Å². The lowest BCUT2D eigenvalue weighted by Gasteiger charge is -2.35. The number of aliphatic carboxylic acids is 1. The Morgan fingerprint density at radius 1 is 1.45 bits per heavy atom. The van der Waals surface area contributed by atoms with Crippen molar-refractivity contribution in [1.29, 1.82) is 0 Å². The van der Waals surface area contributed by atoms with Crippen LogP contribution in [0.15, 0.2) is 11.6 Å². The first-order valence-corrected chi connectivity index (χ1v) is 6.93. The molecule has 3 atom stereocenters. The second kappa shape index (κ2) is 7.40. The Bertz CT molecular complexity index is 389. The molecule has 0 saturated carbocycles. The fourth-order valence-corrected chi connectivity index (χ4v) is 2.34. The predicted octanol–water partition coefficient (Wildman–Crippen LogP) is 0.841. The van der Waals surface area contributed by atoms with E-state index in [1.54, 1.807) is 0 Å². The smallest absolute Gasteiger partial charge is 0.331 e. The highest BCUT2D eigenvalue weighted by molar-refractivity contribution is 5.87. The highest BCUT2D eigenvalue weighted by Gasteiger charge is 2.36. The molecule has 0 fully saturated rings. The average Bonchev–Trinajstić information content (AvgIpc) is 2.38. The number of carboxylic acids is 1. The van der Waals surface area contributed by atoms with Crippen LogP contribution in [0.4, 0.5) is 0 Å². The first kappa shape index (κ1) is 16.7. The van der Waals surface area contributed by atoms with Crippen LogP contribution < -0.4 is 5.32 Å². The summed E-state index contributed by atoms with van der Waals surface area (Å²) in [5.74, 6) is -1.34. The van der Waals surface area contributed by atoms with Crippen molar-refractivity contribution in [2.75, 3.05) is 0 Å². The number of hydrogen-bond donors (Lipinski definition) is 3. The topological polar surface area (TPSA) is 95.9 Å². The number of carbonyl (C=O) groups excluding carboxylic acids is 1. The first-order valence-electron chi connectivity index (χ1n) is 6.93. The highest BCUT2D eigenvalue weighted by atomic mass is 16.5. The molecule has 0 unspecified atom stereocenters. The third kappa shape index (κ3) is 4.31. The van der Waals surface area contributed by atoms with Crippen LogP contribution in [0.5, 0.6) is 0 Å². The van der Waals surface area contributed by atoms with Gasteiger partial charge in [-0.05, 0) is 18.9 Å². The summed E-state index contributed by atoms with van der Waals surface area (Å²) in [6.45, 7) is 5.31. The number of carbonyl (C=O) groups is 2. The van der Waals surface area contributed by atoms with Gasteiger partial charge in [0.15, 0.2) is 0 Å². The molecule has 114 valence electrons. The van der Waals surface area contributed by atoms with Crippen LogP contribution in [0.1, 0.15) is 40.0 Å². The molecular formula is C14H23NO5. The van der Waals surface area contributed by atoms with Gasteiger partial charge in [0.2, 0.25) is 5.91 Å². The number of amides is 1. The summed E-state index contributed by atoms with van der Waals surface area (Å²) in [4.78, 5) is 22.3. The van der Waals surface area contributed by atoms with E-state index in [9.17, 15) is 14.7 Å². The second-order valence-electron chi connectivity index (χ2n) is 5.03. The summed E-state index contributed by atoms with van der Waals surface area (Å²) in [5, 5.41) is 21.8. The number of ether oxygens (including phenoxy) is 1. The number of aliphatic hydroxyl groups is 1. The van der Waals surface area contributed by atoms with Crippen LogP contribution in [-0.4, -0.2) is 46.4 Å². The Hall–Kier alpha value is -1.40.